The third-order valence-electron chi connectivity index (χ3n) is 2.55. The van der Waals surface area contributed by atoms with Crippen molar-refractivity contribution in [1.82, 2.24) is 0 Å². The minimum Gasteiger partial charge on any atom is -0.491 e. The van der Waals surface area contributed by atoms with E-state index in [-0.39, 0.29) is 6.61 Å². The van der Waals surface area contributed by atoms with Crippen molar-refractivity contribution in [2.24, 2.45) is 0 Å². The summed E-state index contributed by atoms with van der Waals surface area (Å²) >= 11 is 2.26. The third-order valence-corrected chi connectivity index (χ3v) is 3.22. The molecule has 0 saturated heterocycles. The second kappa shape index (κ2) is 7.35. The first-order chi connectivity index (χ1) is 9.24. The van der Waals surface area contributed by atoms with Crippen molar-refractivity contribution >= 4 is 28.3 Å². The smallest absolute Gasteiger partial charge is 0.119 e. The minimum atomic E-state index is -0.543. The normalized spacial score (nSPS) is 11.9. The molecule has 1 unspecified atom stereocenters. The van der Waals surface area contributed by atoms with Gasteiger partial charge < -0.3 is 15.2 Å². The standard InChI is InChI=1S/C15H16INO2/c16-12-5-4-6-13(9-12)17-10-14(18)11-19-15-7-2-1-3-8-15/h1-9,14,17-18H,10-11H2. The van der Waals surface area contributed by atoms with Crippen LogP contribution >= 0.6 is 22.6 Å². The monoisotopic (exact) mass is 369 g/mol. The van der Waals surface area contributed by atoms with E-state index >= 15 is 0 Å². The molecule has 3 nitrogen and oxygen atoms in total. The molecule has 2 aromatic carbocycles. The molecule has 100 valence electrons. The molecule has 0 aliphatic heterocycles. The number of aliphatic hydroxyl groups excluding tert-OH is 1. The molecule has 1 atom stereocenters. The average Bonchev–Trinajstić information content (AvgIpc) is 2.44. The van der Waals surface area contributed by atoms with Crippen molar-refractivity contribution in [2.75, 3.05) is 18.5 Å². The van der Waals surface area contributed by atoms with Crippen LogP contribution in [0, 0.1) is 3.57 Å². The number of aliphatic hydroxyl groups is 1. The zero-order valence-corrected chi connectivity index (χ0v) is 12.6. The number of hydrogen-bond donors (Lipinski definition) is 2. The fraction of sp³-hybridized carbons (Fsp3) is 0.200. The van der Waals surface area contributed by atoms with Crippen LogP contribution in [0.5, 0.6) is 5.75 Å². The maximum atomic E-state index is 9.85. The van der Waals surface area contributed by atoms with Crippen LogP contribution in [0.4, 0.5) is 5.69 Å². The molecule has 0 bridgehead atoms. The van der Waals surface area contributed by atoms with E-state index in [1.165, 1.54) is 0 Å². The van der Waals surface area contributed by atoms with Crippen molar-refractivity contribution in [2.45, 2.75) is 6.10 Å². The summed E-state index contributed by atoms with van der Waals surface area (Å²) in [4.78, 5) is 0. The second-order valence-corrected chi connectivity index (χ2v) is 5.41. The lowest BCUT2D eigenvalue weighted by molar-refractivity contribution is 0.117. The van der Waals surface area contributed by atoms with Gasteiger partial charge in [-0.3, -0.25) is 0 Å². The molecule has 2 N–H and O–H groups in total. The van der Waals surface area contributed by atoms with Crippen LogP contribution in [0.1, 0.15) is 0 Å². The van der Waals surface area contributed by atoms with Crippen LogP contribution in [0.15, 0.2) is 54.6 Å². The summed E-state index contributed by atoms with van der Waals surface area (Å²) in [6.45, 7) is 0.744. The maximum Gasteiger partial charge on any atom is 0.119 e. The van der Waals surface area contributed by atoms with Gasteiger partial charge in [0.2, 0.25) is 0 Å². The lowest BCUT2D eigenvalue weighted by atomic mass is 10.3. The SMILES string of the molecule is OC(CNc1cccc(I)c1)COc1ccccc1. The van der Waals surface area contributed by atoms with Crippen LogP contribution in [-0.4, -0.2) is 24.4 Å². The minimum absolute atomic E-state index is 0.279. The van der Waals surface area contributed by atoms with E-state index in [0.29, 0.717) is 6.54 Å². The number of nitrogens with one attached hydrogen (secondary N) is 1. The number of anilines is 1. The summed E-state index contributed by atoms with van der Waals surface area (Å²) in [6, 6.07) is 17.5. The van der Waals surface area contributed by atoms with Gasteiger partial charge in [0.25, 0.3) is 0 Å². The Labute approximate surface area is 126 Å². The topological polar surface area (TPSA) is 41.5 Å². The van der Waals surface area contributed by atoms with Crippen molar-refractivity contribution < 1.29 is 9.84 Å². The van der Waals surface area contributed by atoms with Gasteiger partial charge in [-0.05, 0) is 52.9 Å². The summed E-state index contributed by atoms with van der Waals surface area (Å²) in [7, 11) is 0. The molecule has 0 aliphatic carbocycles. The number of rotatable bonds is 6. The molecule has 2 aromatic rings. The van der Waals surface area contributed by atoms with Gasteiger partial charge in [0.1, 0.15) is 18.5 Å². The quantitative estimate of drug-likeness (QED) is 0.769. The summed E-state index contributed by atoms with van der Waals surface area (Å²) in [5.41, 5.74) is 1.01. The van der Waals surface area contributed by atoms with Crippen molar-refractivity contribution in [3.63, 3.8) is 0 Å². The van der Waals surface area contributed by atoms with Gasteiger partial charge >= 0.3 is 0 Å². The average molecular weight is 369 g/mol. The molecule has 4 heteroatoms. The zero-order chi connectivity index (χ0) is 13.5. The number of benzene rings is 2. The van der Waals surface area contributed by atoms with Gasteiger partial charge in [-0.25, -0.2) is 0 Å². The number of hydrogen-bond acceptors (Lipinski definition) is 3. The molecule has 19 heavy (non-hydrogen) atoms. The van der Waals surface area contributed by atoms with E-state index in [9.17, 15) is 5.11 Å². The van der Waals surface area contributed by atoms with E-state index in [0.717, 1.165) is 15.0 Å². The summed E-state index contributed by atoms with van der Waals surface area (Å²) in [6.07, 6.45) is -0.543. The first-order valence-electron chi connectivity index (χ1n) is 6.09. The summed E-state index contributed by atoms with van der Waals surface area (Å²) in [5.74, 6) is 0.774. The number of para-hydroxylation sites is 1. The summed E-state index contributed by atoms with van der Waals surface area (Å²) < 4.78 is 6.65. The van der Waals surface area contributed by atoms with E-state index in [4.69, 9.17) is 4.74 Å². The van der Waals surface area contributed by atoms with E-state index < -0.39 is 6.10 Å². The highest BCUT2D eigenvalue weighted by Crippen LogP contribution is 2.12. The molecule has 0 amide bonds. The Kier molecular flexibility index (Phi) is 5.47. The van der Waals surface area contributed by atoms with Crippen molar-refractivity contribution in [1.29, 1.82) is 0 Å². The lowest BCUT2D eigenvalue weighted by Gasteiger charge is -2.14. The van der Waals surface area contributed by atoms with Gasteiger partial charge in [0, 0.05) is 15.8 Å². The van der Waals surface area contributed by atoms with Crippen LogP contribution in [0.2, 0.25) is 0 Å². The Hall–Kier alpha value is -1.27. The highest BCUT2D eigenvalue weighted by molar-refractivity contribution is 14.1. The second-order valence-electron chi connectivity index (χ2n) is 4.17. The molecule has 2 rings (SSSR count). The number of ether oxygens (including phenoxy) is 1. The van der Waals surface area contributed by atoms with Gasteiger partial charge in [0.15, 0.2) is 0 Å². The van der Waals surface area contributed by atoms with Gasteiger partial charge in [-0.2, -0.15) is 0 Å². The van der Waals surface area contributed by atoms with Gasteiger partial charge in [-0.1, -0.05) is 24.3 Å². The molecule has 0 fully saturated rings. The van der Waals surface area contributed by atoms with E-state index in [1.807, 2.05) is 54.6 Å². The molecule has 0 heterocycles. The van der Waals surface area contributed by atoms with Gasteiger partial charge in [0.05, 0.1) is 0 Å². The Bertz CT molecular complexity index is 505. The predicted molar refractivity (Wildman–Crippen MR) is 85.6 cm³/mol. The van der Waals surface area contributed by atoms with Crippen LogP contribution in [-0.2, 0) is 0 Å². The Morgan fingerprint density at radius 2 is 1.89 bits per heavy atom. The van der Waals surface area contributed by atoms with Gasteiger partial charge in [-0.15, -0.1) is 0 Å². The highest BCUT2D eigenvalue weighted by atomic mass is 127. The zero-order valence-electron chi connectivity index (χ0n) is 10.4. The van der Waals surface area contributed by atoms with Crippen molar-refractivity contribution in [3.05, 3.63) is 58.2 Å². The maximum absolute atomic E-state index is 9.85. The first kappa shape index (κ1) is 14.1. The molecule has 0 spiro atoms. The predicted octanol–water partition coefficient (Wildman–Crippen LogP) is 3.14. The van der Waals surface area contributed by atoms with Crippen LogP contribution in [0.25, 0.3) is 0 Å². The van der Waals surface area contributed by atoms with Crippen LogP contribution < -0.4 is 10.1 Å². The fourth-order valence-corrected chi connectivity index (χ4v) is 2.15. The fourth-order valence-electron chi connectivity index (χ4n) is 1.60. The Morgan fingerprint density at radius 1 is 1.11 bits per heavy atom. The largest absolute Gasteiger partial charge is 0.491 e. The Morgan fingerprint density at radius 3 is 2.63 bits per heavy atom. The molecule has 0 saturated carbocycles. The summed E-state index contributed by atoms with van der Waals surface area (Å²) in [5, 5.41) is 13.0. The molecule has 0 aromatic heterocycles. The molecular weight excluding hydrogens is 353 g/mol. The molecule has 0 aliphatic rings. The first-order valence-corrected chi connectivity index (χ1v) is 7.17. The lowest BCUT2D eigenvalue weighted by Crippen LogP contribution is -2.26. The third kappa shape index (κ3) is 5.08. The van der Waals surface area contributed by atoms with E-state index in [1.54, 1.807) is 0 Å². The van der Waals surface area contributed by atoms with E-state index in [2.05, 4.69) is 27.9 Å². The highest BCUT2D eigenvalue weighted by Gasteiger charge is 2.05. The van der Waals surface area contributed by atoms with Crippen molar-refractivity contribution in [3.8, 4) is 5.75 Å². The molecular formula is C15H16INO2. The van der Waals surface area contributed by atoms with Crippen LogP contribution in [0.3, 0.4) is 0 Å². The number of halogens is 1. The Balaban J connectivity index is 1.74. The molecule has 0 radical (unpaired) electrons.